The first-order valence-corrected chi connectivity index (χ1v) is 9.31. The van der Waals surface area contributed by atoms with E-state index in [0.29, 0.717) is 18.7 Å². The molecule has 2 unspecified atom stereocenters. The highest BCUT2D eigenvalue weighted by atomic mass is 16.5. The maximum atomic E-state index is 12.4. The highest BCUT2D eigenvalue weighted by molar-refractivity contribution is 6.04. The first-order valence-electron chi connectivity index (χ1n) is 9.31. The second kappa shape index (κ2) is 7.27. The number of aliphatic hydroxyl groups is 1. The van der Waals surface area contributed by atoms with Gasteiger partial charge in [0.1, 0.15) is 24.5 Å². The Morgan fingerprint density at radius 1 is 1.19 bits per heavy atom. The van der Waals surface area contributed by atoms with Crippen LogP contribution in [0.15, 0.2) is 24.3 Å². The molecule has 0 saturated carbocycles. The van der Waals surface area contributed by atoms with Crippen molar-refractivity contribution in [2.24, 2.45) is 0 Å². The summed E-state index contributed by atoms with van der Waals surface area (Å²) in [5, 5.41) is 10.2. The van der Waals surface area contributed by atoms with Gasteiger partial charge in [-0.25, -0.2) is 4.79 Å². The predicted octanol–water partition coefficient (Wildman–Crippen LogP) is 2.54. The third kappa shape index (κ3) is 3.85. The molecule has 0 aromatic heterocycles. The summed E-state index contributed by atoms with van der Waals surface area (Å²) in [6.45, 7) is 7.07. The number of carbonyl (C=O) groups is 2. The quantitative estimate of drug-likeness (QED) is 0.819. The van der Waals surface area contributed by atoms with Crippen LogP contribution in [-0.2, 0) is 10.2 Å². The number of ether oxygens (including phenoxy) is 1. The Morgan fingerprint density at radius 3 is 2.50 bits per heavy atom. The number of imide groups is 1. The van der Waals surface area contributed by atoms with Gasteiger partial charge in [0.05, 0.1) is 6.54 Å². The smallest absolute Gasteiger partial charge is 0.327 e. The van der Waals surface area contributed by atoms with Crippen molar-refractivity contribution in [2.45, 2.75) is 57.6 Å². The molecule has 3 amide bonds. The summed E-state index contributed by atoms with van der Waals surface area (Å²) >= 11 is 0. The first kappa shape index (κ1) is 18.7. The number of aliphatic hydroxyl groups excluding tert-OH is 1. The molecule has 1 aromatic carbocycles. The van der Waals surface area contributed by atoms with Crippen LogP contribution in [0.25, 0.3) is 0 Å². The Labute approximate surface area is 154 Å². The van der Waals surface area contributed by atoms with Crippen LogP contribution in [0.1, 0.15) is 45.6 Å². The zero-order chi connectivity index (χ0) is 18.9. The fraction of sp³-hybridized carbons (Fsp3) is 0.600. The number of benzene rings is 1. The SMILES string of the molecule is CC(C)(C)c1ccc(OCC(O)CN2C(=O)C3CCCCN3C2=O)cc1. The molecule has 1 aromatic rings. The molecule has 0 radical (unpaired) electrons. The monoisotopic (exact) mass is 360 g/mol. The third-order valence-corrected chi connectivity index (χ3v) is 5.09. The van der Waals surface area contributed by atoms with Crippen LogP contribution in [-0.4, -0.2) is 58.7 Å². The van der Waals surface area contributed by atoms with Gasteiger partial charge >= 0.3 is 6.03 Å². The number of piperidine rings is 1. The van der Waals surface area contributed by atoms with Crippen molar-refractivity contribution in [1.82, 2.24) is 9.80 Å². The third-order valence-electron chi connectivity index (χ3n) is 5.09. The second-order valence-electron chi connectivity index (χ2n) is 8.18. The lowest BCUT2D eigenvalue weighted by molar-refractivity contribution is -0.129. The molecule has 6 heteroatoms. The number of amides is 3. The molecule has 2 saturated heterocycles. The Kier molecular flexibility index (Phi) is 5.23. The molecule has 0 aliphatic carbocycles. The molecule has 26 heavy (non-hydrogen) atoms. The number of fused-ring (bicyclic) bond motifs is 1. The van der Waals surface area contributed by atoms with Crippen molar-refractivity contribution < 1.29 is 19.4 Å². The summed E-state index contributed by atoms with van der Waals surface area (Å²) in [5.41, 5.74) is 1.27. The highest BCUT2D eigenvalue weighted by Gasteiger charge is 2.46. The van der Waals surface area contributed by atoms with Gasteiger partial charge in [0.15, 0.2) is 0 Å². The van der Waals surface area contributed by atoms with Crippen molar-refractivity contribution in [1.29, 1.82) is 0 Å². The molecule has 142 valence electrons. The fourth-order valence-corrected chi connectivity index (χ4v) is 3.52. The normalized spacial score (nSPS) is 21.8. The number of hydrogen-bond donors (Lipinski definition) is 1. The lowest BCUT2D eigenvalue weighted by atomic mass is 9.87. The topological polar surface area (TPSA) is 70.1 Å². The summed E-state index contributed by atoms with van der Waals surface area (Å²) in [4.78, 5) is 27.6. The minimum absolute atomic E-state index is 0.0231. The minimum Gasteiger partial charge on any atom is -0.491 e. The van der Waals surface area contributed by atoms with Crippen molar-refractivity contribution in [2.75, 3.05) is 19.7 Å². The van der Waals surface area contributed by atoms with E-state index in [1.807, 2.05) is 24.3 Å². The molecule has 3 rings (SSSR count). The van der Waals surface area contributed by atoms with Gasteiger partial charge in [-0.1, -0.05) is 32.9 Å². The summed E-state index contributed by atoms with van der Waals surface area (Å²) in [6.07, 6.45) is 1.70. The van der Waals surface area contributed by atoms with Gasteiger partial charge in [-0.15, -0.1) is 0 Å². The number of rotatable bonds is 5. The largest absolute Gasteiger partial charge is 0.491 e. The van der Waals surface area contributed by atoms with Crippen LogP contribution in [0.3, 0.4) is 0 Å². The van der Waals surface area contributed by atoms with E-state index in [9.17, 15) is 14.7 Å². The van der Waals surface area contributed by atoms with Gasteiger partial charge in [0.2, 0.25) is 0 Å². The first-order chi connectivity index (χ1) is 12.3. The maximum absolute atomic E-state index is 12.4. The van der Waals surface area contributed by atoms with Gasteiger partial charge < -0.3 is 14.7 Å². The van der Waals surface area contributed by atoms with Crippen molar-refractivity contribution in [3.8, 4) is 5.75 Å². The molecule has 0 spiro atoms. The zero-order valence-corrected chi connectivity index (χ0v) is 15.8. The molecule has 2 fully saturated rings. The van der Waals surface area contributed by atoms with Crippen LogP contribution >= 0.6 is 0 Å². The van der Waals surface area contributed by atoms with Gasteiger partial charge in [-0.2, -0.15) is 0 Å². The molecule has 2 aliphatic rings. The zero-order valence-electron chi connectivity index (χ0n) is 15.8. The molecule has 2 atom stereocenters. The van der Waals surface area contributed by atoms with Crippen molar-refractivity contribution >= 4 is 11.9 Å². The van der Waals surface area contributed by atoms with Gasteiger partial charge in [0, 0.05) is 6.54 Å². The molecule has 1 N–H and O–H groups in total. The van der Waals surface area contributed by atoms with Gasteiger partial charge in [-0.05, 0) is 42.4 Å². The van der Waals surface area contributed by atoms with Crippen LogP contribution in [0, 0.1) is 0 Å². The standard InChI is InChI=1S/C20H28N2O4/c1-20(2,3)14-7-9-16(10-8-14)26-13-15(23)12-22-18(24)17-6-4-5-11-21(17)19(22)25/h7-10,15,17,23H,4-6,11-13H2,1-3H3. The lowest BCUT2D eigenvalue weighted by Gasteiger charge is -2.26. The minimum atomic E-state index is -0.911. The highest BCUT2D eigenvalue weighted by Crippen LogP contribution is 2.27. The van der Waals surface area contributed by atoms with Crippen LogP contribution in [0.4, 0.5) is 4.79 Å². The average molecular weight is 360 g/mol. The number of carbonyl (C=O) groups excluding carboxylic acids is 2. The van der Waals surface area contributed by atoms with E-state index >= 15 is 0 Å². The summed E-state index contributed by atoms with van der Waals surface area (Å²) < 4.78 is 5.62. The predicted molar refractivity (Wildman–Crippen MR) is 98.1 cm³/mol. The van der Waals surface area contributed by atoms with E-state index in [1.165, 1.54) is 10.5 Å². The van der Waals surface area contributed by atoms with Gasteiger partial charge in [0.25, 0.3) is 5.91 Å². The van der Waals surface area contributed by atoms with Crippen molar-refractivity contribution in [3.05, 3.63) is 29.8 Å². The summed E-state index contributed by atoms with van der Waals surface area (Å²) in [7, 11) is 0. The van der Waals surface area contributed by atoms with E-state index in [2.05, 4.69) is 20.8 Å². The van der Waals surface area contributed by atoms with Crippen LogP contribution in [0.2, 0.25) is 0 Å². The molecular formula is C20H28N2O4. The lowest BCUT2D eigenvalue weighted by Crippen LogP contribution is -2.40. The van der Waals surface area contributed by atoms with E-state index in [-0.39, 0.29) is 36.5 Å². The van der Waals surface area contributed by atoms with Crippen LogP contribution < -0.4 is 4.74 Å². The second-order valence-corrected chi connectivity index (χ2v) is 8.18. The Morgan fingerprint density at radius 2 is 1.88 bits per heavy atom. The Hall–Kier alpha value is -2.08. The molecule has 2 aliphatic heterocycles. The van der Waals surface area contributed by atoms with E-state index < -0.39 is 6.10 Å². The fourth-order valence-electron chi connectivity index (χ4n) is 3.52. The molecule has 2 heterocycles. The average Bonchev–Trinajstić information content (AvgIpc) is 2.85. The Bertz CT molecular complexity index is 641. The van der Waals surface area contributed by atoms with Crippen molar-refractivity contribution in [3.63, 3.8) is 0 Å². The number of nitrogens with zero attached hydrogens (tertiary/aromatic N) is 2. The number of β-amino-alcohol motifs (C(OH)–C–C–N with tert-alkyl or cyclic N) is 1. The molecule has 0 bridgehead atoms. The molecule has 6 nitrogen and oxygen atoms in total. The summed E-state index contributed by atoms with van der Waals surface area (Å²) in [5.74, 6) is 0.469. The maximum Gasteiger partial charge on any atom is 0.327 e. The molecular weight excluding hydrogens is 332 g/mol. The van der Waals surface area contributed by atoms with E-state index in [4.69, 9.17) is 4.74 Å². The van der Waals surface area contributed by atoms with Crippen LogP contribution in [0.5, 0.6) is 5.75 Å². The number of hydrogen-bond acceptors (Lipinski definition) is 4. The van der Waals surface area contributed by atoms with Gasteiger partial charge in [-0.3, -0.25) is 9.69 Å². The number of urea groups is 1. The summed E-state index contributed by atoms with van der Waals surface area (Å²) in [6, 6.07) is 7.14. The van der Waals surface area contributed by atoms with E-state index in [0.717, 1.165) is 12.8 Å². The Balaban J connectivity index is 1.53. The van der Waals surface area contributed by atoms with E-state index in [1.54, 1.807) is 4.90 Å².